The Balaban J connectivity index is 2.62. The molecule has 0 aliphatic carbocycles. The summed E-state index contributed by atoms with van der Waals surface area (Å²) in [6, 6.07) is 5.74. The summed E-state index contributed by atoms with van der Waals surface area (Å²) in [7, 11) is 1.87. The standard InChI is InChI=1S/C10H12N4/c1-7-9(11)10(14(2)13-7)8-5-3-4-6-12-8/h3-6H,11H2,1-2H3. The van der Waals surface area contributed by atoms with Crippen molar-refractivity contribution in [3.63, 3.8) is 0 Å². The van der Waals surface area contributed by atoms with Crippen molar-refractivity contribution in [2.75, 3.05) is 5.73 Å². The van der Waals surface area contributed by atoms with Gasteiger partial charge in [-0.05, 0) is 19.1 Å². The smallest absolute Gasteiger partial charge is 0.110 e. The first-order chi connectivity index (χ1) is 6.70. The van der Waals surface area contributed by atoms with E-state index in [9.17, 15) is 0 Å². The molecule has 0 aromatic carbocycles. The van der Waals surface area contributed by atoms with E-state index in [-0.39, 0.29) is 0 Å². The zero-order chi connectivity index (χ0) is 10.1. The molecule has 2 rings (SSSR count). The highest BCUT2D eigenvalue weighted by Crippen LogP contribution is 2.25. The first-order valence-corrected chi connectivity index (χ1v) is 4.40. The average Bonchev–Trinajstić information content (AvgIpc) is 2.43. The summed E-state index contributed by atoms with van der Waals surface area (Å²) in [5, 5.41) is 4.24. The summed E-state index contributed by atoms with van der Waals surface area (Å²) in [6.07, 6.45) is 1.75. The fraction of sp³-hybridized carbons (Fsp3) is 0.200. The zero-order valence-corrected chi connectivity index (χ0v) is 8.23. The van der Waals surface area contributed by atoms with E-state index in [4.69, 9.17) is 5.73 Å². The van der Waals surface area contributed by atoms with Crippen molar-refractivity contribution in [1.82, 2.24) is 14.8 Å². The molecule has 4 heteroatoms. The Morgan fingerprint density at radius 1 is 1.36 bits per heavy atom. The van der Waals surface area contributed by atoms with E-state index in [2.05, 4.69) is 10.1 Å². The van der Waals surface area contributed by atoms with E-state index < -0.39 is 0 Å². The van der Waals surface area contributed by atoms with Crippen LogP contribution in [0.2, 0.25) is 0 Å². The number of aromatic nitrogens is 3. The Kier molecular flexibility index (Phi) is 1.96. The highest BCUT2D eigenvalue weighted by molar-refractivity contribution is 5.71. The topological polar surface area (TPSA) is 56.7 Å². The molecule has 0 radical (unpaired) electrons. The Labute approximate surface area is 82.4 Å². The molecule has 0 saturated carbocycles. The fourth-order valence-electron chi connectivity index (χ4n) is 1.48. The molecule has 0 fully saturated rings. The number of hydrogen-bond donors (Lipinski definition) is 1. The molecule has 0 aliphatic rings. The van der Waals surface area contributed by atoms with Gasteiger partial charge in [-0.3, -0.25) is 9.67 Å². The molecule has 0 atom stereocenters. The van der Waals surface area contributed by atoms with Gasteiger partial charge in [-0.15, -0.1) is 0 Å². The van der Waals surface area contributed by atoms with Crippen LogP contribution in [0.1, 0.15) is 5.69 Å². The van der Waals surface area contributed by atoms with Crippen molar-refractivity contribution in [3.05, 3.63) is 30.1 Å². The zero-order valence-electron chi connectivity index (χ0n) is 8.23. The third-order valence-corrected chi connectivity index (χ3v) is 2.18. The van der Waals surface area contributed by atoms with Crippen LogP contribution in [0.15, 0.2) is 24.4 Å². The summed E-state index contributed by atoms with van der Waals surface area (Å²) < 4.78 is 1.76. The Hall–Kier alpha value is -1.84. The number of aryl methyl sites for hydroxylation is 2. The van der Waals surface area contributed by atoms with E-state index >= 15 is 0 Å². The van der Waals surface area contributed by atoms with Crippen molar-refractivity contribution in [3.8, 4) is 11.4 Å². The molecular weight excluding hydrogens is 176 g/mol. The maximum Gasteiger partial charge on any atom is 0.110 e. The lowest BCUT2D eigenvalue weighted by Crippen LogP contribution is -1.96. The van der Waals surface area contributed by atoms with Gasteiger partial charge in [0.05, 0.1) is 17.1 Å². The lowest BCUT2D eigenvalue weighted by Gasteiger charge is -2.01. The Morgan fingerprint density at radius 3 is 2.64 bits per heavy atom. The van der Waals surface area contributed by atoms with E-state index in [1.165, 1.54) is 0 Å². The van der Waals surface area contributed by atoms with E-state index in [0.29, 0.717) is 5.69 Å². The minimum atomic E-state index is 0.700. The molecule has 4 nitrogen and oxygen atoms in total. The Bertz CT molecular complexity index is 445. The summed E-state index contributed by atoms with van der Waals surface area (Å²) in [5.74, 6) is 0. The van der Waals surface area contributed by atoms with Gasteiger partial charge in [0.25, 0.3) is 0 Å². The second kappa shape index (κ2) is 3.14. The van der Waals surface area contributed by atoms with Gasteiger partial charge < -0.3 is 5.73 Å². The molecule has 0 bridgehead atoms. The number of nitrogens with zero attached hydrogens (tertiary/aromatic N) is 3. The first-order valence-electron chi connectivity index (χ1n) is 4.40. The largest absolute Gasteiger partial charge is 0.395 e. The molecule has 72 valence electrons. The van der Waals surface area contributed by atoms with Crippen LogP contribution in [-0.4, -0.2) is 14.8 Å². The van der Waals surface area contributed by atoms with Gasteiger partial charge in [0, 0.05) is 13.2 Å². The molecule has 0 spiro atoms. The van der Waals surface area contributed by atoms with Crippen LogP contribution in [0.3, 0.4) is 0 Å². The van der Waals surface area contributed by atoms with Crippen molar-refractivity contribution >= 4 is 5.69 Å². The first kappa shape index (κ1) is 8.74. The van der Waals surface area contributed by atoms with Crippen LogP contribution in [-0.2, 0) is 7.05 Å². The average molecular weight is 188 g/mol. The maximum atomic E-state index is 5.91. The van der Waals surface area contributed by atoms with Crippen molar-refractivity contribution in [2.45, 2.75) is 6.92 Å². The van der Waals surface area contributed by atoms with E-state index in [1.807, 2.05) is 32.2 Å². The lowest BCUT2D eigenvalue weighted by molar-refractivity contribution is 0.762. The van der Waals surface area contributed by atoms with Gasteiger partial charge >= 0.3 is 0 Å². The molecule has 2 aromatic rings. The molecule has 2 heterocycles. The van der Waals surface area contributed by atoms with Gasteiger partial charge in [-0.25, -0.2) is 0 Å². The second-order valence-corrected chi connectivity index (χ2v) is 3.19. The third kappa shape index (κ3) is 1.25. The molecule has 0 aliphatic heterocycles. The third-order valence-electron chi connectivity index (χ3n) is 2.18. The molecule has 14 heavy (non-hydrogen) atoms. The fourth-order valence-corrected chi connectivity index (χ4v) is 1.48. The van der Waals surface area contributed by atoms with Crippen LogP contribution in [0.5, 0.6) is 0 Å². The van der Waals surface area contributed by atoms with Crippen LogP contribution >= 0.6 is 0 Å². The minimum Gasteiger partial charge on any atom is -0.395 e. The monoisotopic (exact) mass is 188 g/mol. The Morgan fingerprint density at radius 2 is 2.14 bits per heavy atom. The summed E-state index contributed by atoms with van der Waals surface area (Å²) >= 11 is 0. The van der Waals surface area contributed by atoms with Gasteiger partial charge in [0.2, 0.25) is 0 Å². The van der Waals surface area contributed by atoms with Gasteiger partial charge in [-0.1, -0.05) is 6.07 Å². The van der Waals surface area contributed by atoms with Crippen LogP contribution in [0, 0.1) is 6.92 Å². The van der Waals surface area contributed by atoms with Crippen molar-refractivity contribution in [1.29, 1.82) is 0 Å². The second-order valence-electron chi connectivity index (χ2n) is 3.19. The van der Waals surface area contributed by atoms with Crippen LogP contribution in [0.4, 0.5) is 5.69 Å². The highest BCUT2D eigenvalue weighted by Gasteiger charge is 2.12. The van der Waals surface area contributed by atoms with Gasteiger partial charge in [0.15, 0.2) is 0 Å². The van der Waals surface area contributed by atoms with Gasteiger partial charge in [-0.2, -0.15) is 5.10 Å². The molecule has 0 amide bonds. The van der Waals surface area contributed by atoms with Crippen molar-refractivity contribution < 1.29 is 0 Å². The molecule has 2 N–H and O–H groups in total. The predicted molar refractivity (Wildman–Crippen MR) is 55.6 cm³/mol. The van der Waals surface area contributed by atoms with E-state index in [0.717, 1.165) is 17.1 Å². The lowest BCUT2D eigenvalue weighted by atomic mass is 10.2. The summed E-state index contributed by atoms with van der Waals surface area (Å²) in [5.41, 5.74) is 9.19. The maximum absolute atomic E-state index is 5.91. The molecule has 0 saturated heterocycles. The van der Waals surface area contributed by atoms with Crippen LogP contribution in [0.25, 0.3) is 11.4 Å². The summed E-state index contributed by atoms with van der Waals surface area (Å²) in [4.78, 5) is 4.24. The number of anilines is 1. The minimum absolute atomic E-state index is 0.700. The quantitative estimate of drug-likeness (QED) is 0.735. The highest BCUT2D eigenvalue weighted by atomic mass is 15.3. The molecule has 0 unspecified atom stereocenters. The number of rotatable bonds is 1. The number of pyridine rings is 1. The molecular formula is C10H12N4. The normalized spacial score (nSPS) is 10.4. The predicted octanol–water partition coefficient (Wildman–Crippen LogP) is 1.37. The van der Waals surface area contributed by atoms with Crippen molar-refractivity contribution in [2.24, 2.45) is 7.05 Å². The SMILES string of the molecule is Cc1nn(C)c(-c2ccccn2)c1N. The summed E-state index contributed by atoms with van der Waals surface area (Å²) in [6.45, 7) is 1.89. The number of nitrogen functional groups attached to an aromatic ring is 1. The van der Waals surface area contributed by atoms with E-state index in [1.54, 1.807) is 10.9 Å². The number of nitrogens with two attached hydrogens (primary N) is 1. The van der Waals surface area contributed by atoms with Gasteiger partial charge in [0.1, 0.15) is 5.69 Å². The van der Waals surface area contributed by atoms with Crippen LogP contribution < -0.4 is 5.73 Å². The number of hydrogen-bond acceptors (Lipinski definition) is 3. The molecule has 2 aromatic heterocycles.